The van der Waals surface area contributed by atoms with Crippen LogP contribution in [-0.4, -0.2) is 5.91 Å². The number of carbonyl (C=O) groups excluding carboxylic acids is 1. The molecule has 0 aliphatic heterocycles. The van der Waals surface area contributed by atoms with E-state index in [9.17, 15) is 4.79 Å². The highest BCUT2D eigenvalue weighted by Gasteiger charge is 2.12. The molecule has 0 spiro atoms. The number of rotatable bonds is 3. The van der Waals surface area contributed by atoms with E-state index in [2.05, 4.69) is 38.2 Å². The third kappa shape index (κ3) is 5.03. The number of hydrogen-bond donors (Lipinski definition) is 1. The van der Waals surface area contributed by atoms with Gasteiger partial charge in [-0.1, -0.05) is 46.8 Å². The summed E-state index contributed by atoms with van der Waals surface area (Å²) in [5.41, 5.74) is 2.42. The van der Waals surface area contributed by atoms with Gasteiger partial charge in [0, 0.05) is 11.6 Å². The van der Waals surface area contributed by atoms with Gasteiger partial charge in [0.05, 0.1) is 0 Å². The zero-order valence-electron chi connectivity index (χ0n) is 11.5. The van der Waals surface area contributed by atoms with E-state index in [1.807, 2.05) is 26.0 Å². The third-order valence-electron chi connectivity index (χ3n) is 2.45. The molecule has 0 atom stereocenters. The van der Waals surface area contributed by atoms with Gasteiger partial charge in [-0.2, -0.15) is 0 Å². The number of anilines is 1. The monoisotopic (exact) mass is 233 g/mol. The zero-order chi connectivity index (χ0) is 13.1. The molecule has 0 aliphatic carbocycles. The minimum absolute atomic E-state index is 0.0151. The summed E-state index contributed by atoms with van der Waals surface area (Å²) in [5, 5.41) is 2.93. The number of amides is 1. The van der Waals surface area contributed by atoms with E-state index in [-0.39, 0.29) is 17.2 Å². The highest BCUT2D eigenvalue weighted by Crippen LogP contribution is 2.22. The molecule has 2 nitrogen and oxygen atoms in total. The number of carbonyl (C=O) groups is 1. The molecule has 1 aromatic carbocycles. The van der Waals surface area contributed by atoms with Crippen molar-refractivity contribution in [3.05, 3.63) is 29.8 Å². The molecule has 0 bridgehead atoms. The average molecular weight is 233 g/mol. The maximum absolute atomic E-state index is 11.6. The van der Waals surface area contributed by atoms with Gasteiger partial charge in [-0.15, -0.1) is 0 Å². The predicted molar refractivity (Wildman–Crippen MR) is 73.1 cm³/mol. The van der Waals surface area contributed by atoms with Gasteiger partial charge < -0.3 is 5.32 Å². The summed E-state index contributed by atoms with van der Waals surface area (Å²) >= 11 is 0. The van der Waals surface area contributed by atoms with Crippen molar-refractivity contribution in [1.29, 1.82) is 0 Å². The molecule has 2 heteroatoms. The molecule has 1 amide bonds. The second kappa shape index (κ2) is 5.35. The van der Waals surface area contributed by atoms with Crippen molar-refractivity contribution in [1.82, 2.24) is 0 Å². The first kappa shape index (κ1) is 13.8. The first-order valence-corrected chi connectivity index (χ1v) is 6.18. The average Bonchev–Trinajstić information content (AvgIpc) is 2.15. The van der Waals surface area contributed by atoms with Gasteiger partial charge in [-0.05, 0) is 29.5 Å². The van der Waals surface area contributed by atoms with Crippen LogP contribution in [0.2, 0.25) is 0 Å². The molecule has 94 valence electrons. The predicted octanol–water partition coefficient (Wildman–Crippen LogP) is 3.87. The van der Waals surface area contributed by atoms with Crippen LogP contribution in [-0.2, 0) is 11.2 Å². The van der Waals surface area contributed by atoms with Gasteiger partial charge >= 0.3 is 0 Å². The van der Waals surface area contributed by atoms with E-state index in [1.165, 1.54) is 5.56 Å². The fourth-order valence-corrected chi connectivity index (χ4v) is 1.66. The summed E-state index contributed by atoms with van der Waals surface area (Å²) in [4.78, 5) is 11.6. The fraction of sp³-hybridized carbons (Fsp3) is 0.533. The Bertz CT molecular complexity index is 388. The summed E-state index contributed by atoms with van der Waals surface area (Å²) in [5.74, 6) is 0.0826. The van der Waals surface area contributed by atoms with Gasteiger partial charge in [0.1, 0.15) is 0 Å². The molecule has 0 fully saturated rings. The molecular weight excluding hydrogens is 210 g/mol. The Labute approximate surface area is 104 Å². The van der Waals surface area contributed by atoms with Gasteiger partial charge in [-0.25, -0.2) is 0 Å². The highest BCUT2D eigenvalue weighted by atomic mass is 16.1. The molecule has 0 aliphatic rings. The van der Waals surface area contributed by atoms with Crippen LogP contribution >= 0.6 is 0 Å². The van der Waals surface area contributed by atoms with Crippen molar-refractivity contribution in [3.8, 4) is 0 Å². The number of benzene rings is 1. The minimum Gasteiger partial charge on any atom is -0.326 e. The number of nitrogens with one attached hydrogen (secondary N) is 1. The quantitative estimate of drug-likeness (QED) is 0.843. The van der Waals surface area contributed by atoms with Crippen molar-refractivity contribution >= 4 is 11.6 Å². The minimum atomic E-state index is 0.0151. The summed E-state index contributed by atoms with van der Waals surface area (Å²) in [6.45, 7) is 10.4. The standard InChI is InChI=1S/C15H23NO/c1-11(2)14(17)16-13-8-6-7-12(9-13)10-15(3,4)5/h6-9,11H,10H2,1-5H3,(H,16,17). The Balaban J connectivity index is 2.76. The largest absolute Gasteiger partial charge is 0.326 e. The molecule has 0 heterocycles. The summed E-state index contributed by atoms with van der Waals surface area (Å²) in [7, 11) is 0. The zero-order valence-corrected chi connectivity index (χ0v) is 11.5. The molecule has 0 aromatic heterocycles. The first-order valence-electron chi connectivity index (χ1n) is 6.18. The van der Waals surface area contributed by atoms with Crippen LogP contribution in [0.1, 0.15) is 40.2 Å². The topological polar surface area (TPSA) is 29.1 Å². The van der Waals surface area contributed by atoms with Crippen LogP contribution < -0.4 is 5.32 Å². The van der Waals surface area contributed by atoms with E-state index >= 15 is 0 Å². The lowest BCUT2D eigenvalue weighted by Crippen LogP contribution is -2.18. The lowest BCUT2D eigenvalue weighted by atomic mass is 9.88. The van der Waals surface area contributed by atoms with Crippen LogP contribution in [0.5, 0.6) is 0 Å². The van der Waals surface area contributed by atoms with Crippen molar-refractivity contribution in [2.24, 2.45) is 11.3 Å². The van der Waals surface area contributed by atoms with Crippen molar-refractivity contribution < 1.29 is 4.79 Å². The second-order valence-corrected chi connectivity index (χ2v) is 6.08. The van der Waals surface area contributed by atoms with Gasteiger partial charge in [-0.3, -0.25) is 4.79 Å². The van der Waals surface area contributed by atoms with Crippen LogP contribution in [0.3, 0.4) is 0 Å². The maximum Gasteiger partial charge on any atom is 0.226 e. The molecule has 1 rings (SSSR count). The van der Waals surface area contributed by atoms with Crippen LogP contribution in [0, 0.1) is 11.3 Å². The summed E-state index contributed by atoms with van der Waals surface area (Å²) in [6, 6.07) is 8.10. The van der Waals surface area contributed by atoms with E-state index in [4.69, 9.17) is 0 Å². The molecule has 1 N–H and O–H groups in total. The van der Waals surface area contributed by atoms with E-state index in [0.717, 1.165) is 12.1 Å². The Morgan fingerprint density at radius 2 is 1.94 bits per heavy atom. The fourth-order valence-electron chi connectivity index (χ4n) is 1.66. The third-order valence-corrected chi connectivity index (χ3v) is 2.45. The SMILES string of the molecule is CC(C)C(=O)Nc1cccc(CC(C)(C)C)c1. The van der Waals surface area contributed by atoms with Crippen LogP contribution in [0.15, 0.2) is 24.3 Å². The Kier molecular flexibility index (Phi) is 4.33. The van der Waals surface area contributed by atoms with Crippen LogP contribution in [0.25, 0.3) is 0 Å². The van der Waals surface area contributed by atoms with E-state index in [0.29, 0.717) is 0 Å². The van der Waals surface area contributed by atoms with Crippen LogP contribution in [0.4, 0.5) is 5.69 Å². The first-order chi connectivity index (χ1) is 7.78. The lowest BCUT2D eigenvalue weighted by Gasteiger charge is -2.18. The van der Waals surface area contributed by atoms with E-state index < -0.39 is 0 Å². The summed E-state index contributed by atoms with van der Waals surface area (Å²) < 4.78 is 0. The Morgan fingerprint density at radius 3 is 2.47 bits per heavy atom. The van der Waals surface area contributed by atoms with Gasteiger partial charge in [0.15, 0.2) is 0 Å². The number of hydrogen-bond acceptors (Lipinski definition) is 1. The molecule has 0 saturated carbocycles. The second-order valence-electron chi connectivity index (χ2n) is 6.08. The van der Waals surface area contributed by atoms with Gasteiger partial charge in [0.2, 0.25) is 5.91 Å². The molecule has 0 radical (unpaired) electrons. The Morgan fingerprint density at radius 1 is 1.29 bits per heavy atom. The normalized spacial score (nSPS) is 11.6. The van der Waals surface area contributed by atoms with E-state index in [1.54, 1.807) is 0 Å². The maximum atomic E-state index is 11.6. The molecule has 0 saturated heterocycles. The smallest absolute Gasteiger partial charge is 0.226 e. The summed E-state index contributed by atoms with van der Waals surface area (Å²) in [6.07, 6.45) is 1.01. The van der Waals surface area contributed by atoms with Crippen molar-refractivity contribution in [3.63, 3.8) is 0 Å². The highest BCUT2D eigenvalue weighted by molar-refractivity contribution is 5.92. The van der Waals surface area contributed by atoms with Gasteiger partial charge in [0.25, 0.3) is 0 Å². The molecular formula is C15H23NO. The van der Waals surface area contributed by atoms with Crippen molar-refractivity contribution in [2.45, 2.75) is 41.0 Å². The molecule has 17 heavy (non-hydrogen) atoms. The molecule has 0 unspecified atom stereocenters. The van der Waals surface area contributed by atoms with Crippen molar-refractivity contribution in [2.75, 3.05) is 5.32 Å². The lowest BCUT2D eigenvalue weighted by molar-refractivity contribution is -0.118. The Hall–Kier alpha value is -1.31. The molecule has 1 aromatic rings.